The van der Waals surface area contributed by atoms with Gasteiger partial charge in [-0.05, 0) is 25.5 Å². The molecule has 82 valence electrons. The molecule has 0 bridgehead atoms. The van der Waals surface area contributed by atoms with Crippen molar-refractivity contribution in [1.29, 1.82) is 0 Å². The number of halogens is 1. The van der Waals surface area contributed by atoms with E-state index in [2.05, 4.69) is 4.98 Å². The molecule has 1 aromatic rings. The molecule has 0 aliphatic carbocycles. The summed E-state index contributed by atoms with van der Waals surface area (Å²) in [7, 11) is 0. The topological polar surface area (TPSA) is 82.0 Å². The summed E-state index contributed by atoms with van der Waals surface area (Å²) in [6, 6.07) is 1.55. The number of aromatic nitrogens is 1. The monoisotopic (exact) mass is 227 g/mol. The van der Waals surface area contributed by atoms with Gasteiger partial charge in [0.25, 0.3) is 0 Å². The number of hydrogen-bond donors (Lipinski definition) is 2. The Hall–Kier alpha value is -1.13. The van der Waals surface area contributed by atoms with Crippen molar-refractivity contribution in [2.24, 2.45) is 5.73 Å². The molecule has 0 aromatic carbocycles. The van der Waals surface area contributed by atoms with Gasteiger partial charge >= 0.3 is 0 Å². The van der Waals surface area contributed by atoms with Gasteiger partial charge in [0.1, 0.15) is 5.82 Å². The number of ketones is 1. The summed E-state index contributed by atoms with van der Waals surface area (Å²) in [5.41, 5.74) is 11.3. The van der Waals surface area contributed by atoms with Gasteiger partial charge in [-0.3, -0.25) is 4.79 Å². The maximum atomic E-state index is 11.7. The number of nitrogens with zero attached hydrogens (tertiary/aromatic N) is 1. The average molecular weight is 228 g/mol. The van der Waals surface area contributed by atoms with Crippen LogP contribution in [0.2, 0.25) is 5.02 Å². The van der Waals surface area contributed by atoms with Crippen molar-refractivity contribution in [2.75, 3.05) is 12.3 Å². The smallest absolute Gasteiger partial charge is 0.166 e. The van der Waals surface area contributed by atoms with Gasteiger partial charge in [-0.15, -0.1) is 0 Å². The fourth-order valence-electron chi connectivity index (χ4n) is 1.24. The summed E-state index contributed by atoms with van der Waals surface area (Å²) in [5, 5.41) is 0.423. The lowest BCUT2D eigenvalue weighted by molar-refractivity contribution is 0.0980. The molecule has 0 atom stereocenters. The Morgan fingerprint density at radius 3 is 2.87 bits per heavy atom. The Morgan fingerprint density at radius 2 is 2.20 bits per heavy atom. The number of anilines is 1. The second kappa shape index (κ2) is 5.68. The number of Topliss-reactive ketones (excluding diaryl/α,β-unsaturated/α-hetero) is 1. The fraction of sp³-hybridized carbons (Fsp3) is 0.400. The number of hydrogen-bond acceptors (Lipinski definition) is 4. The highest BCUT2D eigenvalue weighted by atomic mass is 35.5. The van der Waals surface area contributed by atoms with Gasteiger partial charge < -0.3 is 11.5 Å². The van der Waals surface area contributed by atoms with Crippen molar-refractivity contribution in [3.8, 4) is 0 Å². The molecule has 1 aromatic heterocycles. The van der Waals surface area contributed by atoms with Crippen LogP contribution in [0.4, 0.5) is 5.82 Å². The largest absolute Gasteiger partial charge is 0.383 e. The highest BCUT2D eigenvalue weighted by molar-refractivity contribution is 6.31. The summed E-state index contributed by atoms with van der Waals surface area (Å²) < 4.78 is 0. The normalized spacial score (nSPS) is 10.3. The fourth-order valence-corrected chi connectivity index (χ4v) is 1.40. The summed E-state index contributed by atoms with van der Waals surface area (Å²) in [6.45, 7) is 0.594. The van der Waals surface area contributed by atoms with Crippen molar-refractivity contribution < 1.29 is 4.79 Å². The van der Waals surface area contributed by atoms with Crippen LogP contribution in [0.3, 0.4) is 0 Å². The zero-order chi connectivity index (χ0) is 11.3. The molecule has 0 aliphatic heterocycles. The minimum Gasteiger partial charge on any atom is -0.383 e. The quantitative estimate of drug-likeness (QED) is 0.592. The maximum absolute atomic E-state index is 11.7. The van der Waals surface area contributed by atoms with E-state index in [1.165, 1.54) is 6.20 Å². The standard InChI is InChI=1S/C10H14ClN3O/c11-7-5-8(10(13)14-6-7)9(15)3-1-2-4-12/h5-6H,1-4,12H2,(H2,13,14). The Bertz CT molecular complexity index is 355. The molecule has 0 fully saturated rings. The van der Waals surface area contributed by atoms with Crippen LogP contribution in [0, 0.1) is 0 Å². The second-order valence-corrected chi connectivity index (χ2v) is 3.69. The van der Waals surface area contributed by atoms with Crippen LogP contribution in [0.15, 0.2) is 12.3 Å². The lowest BCUT2D eigenvalue weighted by Gasteiger charge is -2.03. The number of rotatable bonds is 5. The highest BCUT2D eigenvalue weighted by Gasteiger charge is 2.10. The average Bonchev–Trinajstić information content (AvgIpc) is 2.22. The van der Waals surface area contributed by atoms with Crippen molar-refractivity contribution in [3.63, 3.8) is 0 Å². The lowest BCUT2D eigenvalue weighted by atomic mass is 10.1. The number of carbonyl (C=O) groups is 1. The molecule has 0 amide bonds. The van der Waals surface area contributed by atoms with E-state index >= 15 is 0 Å². The second-order valence-electron chi connectivity index (χ2n) is 3.26. The van der Waals surface area contributed by atoms with Crippen LogP contribution in [0.1, 0.15) is 29.6 Å². The first-order valence-electron chi connectivity index (χ1n) is 4.79. The van der Waals surface area contributed by atoms with Gasteiger partial charge in [0.2, 0.25) is 0 Å². The van der Waals surface area contributed by atoms with E-state index in [9.17, 15) is 4.79 Å². The van der Waals surface area contributed by atoms with E-state index in [1.54, 1.807) is 6.07 Å². The summed E-state index contributed by atoms with van der Waals surface area (Å²) in [6.07, 6.45) is 3.46. The third-order valence-corrected chi connectivity index (χ3v) is 2.25. The van der Waals surface area contributed by atoms with Gasteiger partial charge in [-0.1, -0.05) is 11.6 Å². The van der Waals surface area contributed by atoms with Gasteiger partial charge in [-0.25, -0.2) is 4.98 Å². The molecule has 0 saturated heterocycles. The van der Waals surface area contributed by atoms with Gasteiger partial charge in [0.15, 0.2) is 5.78 Å². The van der Waals surface area contributed by atoms with Crippen LogP contribution in [0.5, 0.6) is 0 Å². The van der Waals surface area contributed by atoms with Crippen molar-refractivity contribution >= 4 is 23.2 Å². The molecule has 0 aliphatic rings. The van der Waals surface area contributed by atoms with E-state index in [1.807, 2.05) is 0 Å². The van der Waals surface area contributed by atoms with E-state index in [-0.39, 0.29) is 11.6 Å². The zero-order valence-electron chi connectivity index (χ0n) is 8.37. The summed E-state index contributed by atoms with van der Waals surface area (Å²) in [5.74, 6) is 0.202. The van der Waals surface area contributed by atoms with E-state index < -0.39 is 0 Å². The molecule has 15 heavy (non-hydrogen) atoms. The van der Waals surface area contributed by atoms with Crippen LogP contribution < -0.4 is 11.5 Å². The molecule has 0 unspecified atom stereocenters. The molecule has 4 nitrogen and oxygen atoms in total. The Labute approximate surface area is 93.6 Å². The molecule has 4 N–H and O–H groups in total. The molecular weight excluding hydrogens is 214 g/mol. The highest BCUT2D eigenvalue weighted by Crippen LogP contribution is 2.17. The van der Waals surface area contributed by atoms with Crippen LogP contribution >= 0.6 is 11.6 Å². The van der Waals surface area contributed by atoms with Crippen molar-refractivity contribution in [2.45, 2.75) is 19.3 Å². The van der Waals surface area contributed by atoms with Crippen LogP contribution in [-0.2, 0) is 0 Å². The third kappa shape index (κ3) is 3.49. The minimum absolute atomic E-state index is 0.0315. The molecule has 0 saturated carbocycles. The van der Waals surface area contributed by atoms with Gasteiger partial charge in [0.05, 0.1) is 10.6 Å². The number of nitrogen functional groups attached to an aromatic ring is 1. The molecule has 1 heterocycles. The lowest BCUT2D eigenvalue weighted by Crippen LogP contribution is -2.06. The van der Waals surface area contributed by atoms with Crippen molar-refractivity contribution in [1.82, 2.24) is 4.98 Å². The number of carbonyl (C=O) groups excluding carboxylic acids is 1. The first-order chi connectivity index (χ1) is 7.15. The number of pyridine rings is 1. The first kappa shape index (κ1) is 11.9. The molecule has 5 heteroatoms. The number of unbranched alkanes of at least 4 members (excludes halogenated alkanes) is 1. The van der Waals surface area contributed by atoms with E-state index in [0.717, 1.165) is 12.8 Å². The number of nitrogens with two attached hydrogens (primary N) is 2. The minimum atomic E-state index is -0.0315. The van der Waals surface area contributed by atoms with Gasteiger partial charge in [-0.2, -0.15) is 0 Å². The summed E-state index contributed by atoms with van der Waals surface area (Å²) in [4.78, 5) is 15.5. The van der Waals surface area contributed by atoms with Crippen LogP contribution in [0.25, 0.3) is 0 Å². The first-order valence-corrected chi connectivity index (χ1v) is 5.17. The Morgan fingerprint density at radius 1 is 1.47 bits per heavy atom. The van der Waals surface area contributed by atoms with E-state index in [0.29, 0.717) is 23.6 Å². The molecule has 0 spiro atoms. The SMILES string of the molecule is NCCCCC(=O)c1cc(Cl)cnc1N. The third-order valence-electron chi connectivity index (χ3n) is 2.04. The summed E-state index contributed by atoms with van der Waals surface area (Å²) >= 11 is 5.73. The van der Waals surface area contributed by atoms with Crippen molar-refractivity contribution in [3.05, 3.63) is 22.8 Å². The zero-order valence-corrected chi connectivity index (χ0v) is 9.13. The predicted molar refractivity (Wildman–Crippen MR) is 60.9 cm³/mol. The molecule has 1 rings (SSSR count). The van der Waals surface area contributed by atoms with Crippen LogP contribution in [-0.4, -0.2) is 17.3 Å². The maximum Gasteiger partial charge on any atom is 0.166 e. The Kier molecular flexibility index (Phi) is 4.52. The van der Waals surface area contributed by atoms with Gasteiger partial charge in [0, 0.05) is 12.6 Å². The predicted octanol–water partition coefficient (Wildman–Crippen LogP) is 1.63. The van der Waals surface area contributed by atoms with E-state index in [4.69, 9.17) is 23.1 Å². The molecular formula is C10H14ClN3O. The molecule has 0 radical (unpaired) electrons. The Balaban J connectivity index is 2.68.